The molecule has 2 aromatic rings. The van der Waals surface area contributed by atoms with Gasteiger partial charge in [-0.15, -0.1) is 0 Å². The summed E-state index contributed by atoms with van der Waals surface area (Å²) in [5.41, 5.74) is -1.11. The van der Waals surface area contributed by atoms with Crippen molar-refractivity contribution in [1.29, 1.82) is 0 Å². The van der Waals surface area contributed by atoms with Gasteiger partial charge in [-0.2, -0.15) is 13.2 Å². The first-order valence-corrected chi connectivity index (χ1v) is 8.13. The van der Waals surface area contributed by atoms with Gasteiger partial charge in [0.1, 0.15) is 5.76 Å². The van der Waals surface area contributed by atoms with E-state index in [4.69, 9.17) is 4.42 Å². The lowest BCUT2D eigenvalue weighted by Gasteiger charge is -2.23. The van der Waals surface area contributed by atoms with Crippen LogP contribution in [0.15, 0.2) is 45.9 Å². The van der Waals surface area contributed by atoms with Gasteiger partial charge in [0.15, 0.2) is 9.84 Å². The monoisotopic (exact) mass is 333 g/mol. The van der Waals surface area contributed by atoms with Crippen LogP contribution in [0, 0.1) is 0 Å². The first-order valence-electron chi connectivity index (χ1n) is 6.24. The molecule has 0 saturated heterocycles. The third-order valence-electron chi connectivity index (χ3n) is 3.09. The number of nitrogens with zero attached hydrogens (tertiary/aromatic N) is 1. The quantitative estimate of drug-likeness (QED) is 0.861. The second kappa shape index (κ2) is 5.68. The van der Waals surface area contributed by atoms with E-state index in [9.17, 15) is 21.6 Å². The molecule has 0 amide bonds. The number of rotatable bonds is 4. The fourth-order valence-electron chi connectivity index (χ4n) is 2.03. The fraction of sp³-hybridized carbons (Fsp3) is 0.286. The lowest BCUT2D eigenvalue weighted by molar-refractivity contribution is -0.137. The highest BCUT2D eigenvalue weighted by Gasteiger charge is 2.35. The summed E-state index contributed by atoms with van der Waals surface area (Å²) in [5, 5.41) is 0. The highest BCUT2D eigenvalue weighted by Crippen LogP contribution is 2.38. The molecule has 0 fully saturated rings. The Morgan fingerprint density at radius 1 is 1.23 bits per heavy atom. The Labute approximate surface area is 126 Å². The van der Waals surface area contributed by atoms with Crippen LogP contribution in [0.5, 0.6) is 0 Å². The van der Waals surface area contributed by atoms with Crippen molar-refractivity contribution < 1.29 is 26.0 Å². The Morgan fingerprint density at radius 3 is 2.41 bits per heavy atom. The normalized spacial score (nSPS) is 12.4. The van der Waals surface area contributed by atoms with Gasteiger partial charge in [-0.1, -0.05) is 0 Å². The highest BCUT2D eigenvalue weighted by molar-refractivity contribution is 7.90. The third-order valence-corrected chi connectivity index (χ3v) is 4.20. The first kappa shape index (κ1) is 16.4. The van der Waals surface area contributed by atoms with Gasteiger partial charge in [-0.05, 0) is 30.3 Å². The maximum absolute atomic E-state index is 13.2. The van der Waals surface area contributed by atoms with Crippen molar-refractivity contribution in [3.63, 3.8) is 0 Å². The first-order chi connectivity index (χ1) is 10.1. The molecule has 4 nitrogen and oxygen atoms in total. The summed E-state index contributed by atoms with van der Waals surface area (Å²) >= 11 is 0. The predicted molar refractivity (Wildman–Crippen MR) is 75.4 cm³/mol. The molecule has 1 aromatic carbocycles. The summed E-state index contributed by atoms with van der Waals surface area (Å²) in [6, 6.07) is 6.26. The Hall–Kier alpha value is -1.96. The lowest BCUT2D eigenvalue weighted by Crippen LogP contribution is -2.21. The number of anilines is 1. The van der Waals surface area contributed by atoms with Gasteiger partial charge in [0, 0.05) is 19.0 Å². The summed E-state index contributed by atoms with van der Waals surface area (Å²) in [6.07, 6.45) is -2.36. The van der Waals surface area contributed by atoms with Gasteiger partial charge < -0.3 is 9.32 Å². The van der Waals surface area contributed by atoms with E-state index in [1.54, 1.807) is 12.1 Å². The van der Waals surface area contributed by atoms with E-state index in [1.807, 2.05) is 0 Å². The van der Waals surface area contributed by atoms with Gasteiger partial charge in [0.25, 0.3) is 0 Å². The number of benzene rings is 1. The molecule has 0 unspecified atom stereocenters. The topological polar surface area (TPSA) is 50.5 Å². The standard InChI is InChI=1S/C14H14F3NO3S/c1-18(9-10-4-3-7-21-10)13-6-5-11(22(2,19)20)8-12(13)14(15,16)17/h3-8H,9H2,1-2H3. The van der Waals surface area contributed by atoms with E-state index in [2.05, 4.69) is 0 Å². The number of sulfone groups is 1. The average Bonchev–Trinajstić information content (AvgIpc) is 2.88. The molecule has 22 heavy (non-hydrogen) atoms. The number of alkyl halides is 3. The van der Waals surface area contributed by atoms with Gasteiger partial charge in [0.05, 0.1) is 23.3 Å². The molecule has 0 aliphatic carbocycles. The summed E-state index contributed by atoms with van der Waals surface area (Å²) in [6.45, 7) is 0.133. The van der Waals surface area contributed by atoms with Crippen LogP contribution in [0.1, 0.15) is 11.3 Å². The zero-order chi connectivity index (χ0) is 16.5. The van der Waals surface area contributed by atoms with E-state index in [1.165, 1.54) is 24.3 Å². The van der Waals surface area contributed by atoms with Crippen molar-refractivity contribution in [2.45, 2.75) is 17.6 Å². The van der Waals surface area contributed by atoms with E-state index in [0.29, 0.717) is 11.8 Å². The zero-order valence-electron chi connectivity index (χ0n) is 11.9. The summed E-state index contributed by atoms with van der Waals surface area (Å²) in [7, 11) is -2.24. The van der Waals surface area contributed by atoms with Crippen LogP contribution in [-0.2, 0) is 22.6 Å². The number of hydrogen-bond donors (Lipinski definition) is 0. The van der Waals surface area contributed by atoms with Crippen LogP contribution in [0.2, 0.25) is 0 Å². The zero-order valence-corrected chi connectivity index (χ0v) is 12.7. The Balaban J connectivity index is 2.46. The van der Waals surface area contributed by atoms with E-state index < -0.39 is 21.6 Å². The molecule has 8 heteroatoms. The molecule has 0 bridgehead atoms. The number of halogens is 3. The van der Waals surface area contributed by atoms with Crippen molar-refractivity contribution in [2.24, 2.45) is 0 Å². The summed E-state index contributed by atoms with van der Waals surface area (Å²) < 4.78 is 67.6. The van der Waals surface area contributed by atoms with Crippen LogP contribution >= 0.6 is 0 Å². The molecule has 0 N–H and O–H groups in total. The van der Waals surface area contributed by atoms with Crippen molar-refractivity contribution in [3.05, 3.63) is 47.9 Å². The lowest BCUT2D eigenvalue weighted by atomic mass is 10.1. The van der Waals surface area contributed by atoms with Crippen LogP contribution < -0.4 is 4.90 Å². The maximum Gasteiger partial charge on any atom is 0.418 e. The SMILES string of the molecule is CN(Cc1ccco1)c1ccc(S(C)(=O)=O)cc1C(F)(F)F. The molecule has 0 spiro atoms. The second-order valence-electron chi connectivity index (χ2n) is 4.88. The Bertz CT molecular complexity index is 752. The van der Waals surface area contributed by atoms with E-state index >= 15 is 0 Å². The fourth-order valence-corrected chi connectivity index (χ4v) is 2.67. The Kier molecular flexibility index (Phi) is 4.23. The smallest absolute Gasteiger partial charge is 0.418 e. The Morgan fingerprint density at radius 2 is 1.91 bits per heavy atom. The van der Waals surface area contributed by atoms with Crippen LogP contribution in [-0.4, -0.2) is 21.7 Å². The van der Waals surface area contributed by atoms with Crippen molar-refractivity contribution in [3.8, 4) is 0 Å². The van der Waals surface area contributed by atoms with Crippen LogP contribution in [0.3, 0.4) is 0 Å². The third kappa shape index (κ3) is 3.62. The molecule has 120 valence electrons. The largest absolute Gasteiger partial charge is 0.467 e. The minimum atomic E-state index is -4.66. The molecule has 0 radical (unpaired) electrons. The van der Waals surface area contributed by atoms with E-state index in [-0.39, 0.29) is 17.1 Å². The van der Waals surface area contributed by atoms with Gasteiger partial charge in [-0.25, -0.2) is 8.42 Å². The minimum Gasteiger partial charge on any atom is -0.467 e. The summed E-state index contributed by atoms with van der Waals surface area (Å²) in [5.74, 6) is 0.503. The molecule has 1 heterocycles. The van der Waals surface area contributed by atoms with Crippen molar-refractivity contribution in [1.82, 2.24) is 0 Å². The number of hydrogen-bond acceptors (Lipinski definition) is 4. The molecular formula is C14H14F3NO3S. The molecule has 0 saturated carbocycles. The van der Waals surface area contributed by atoms with Crippen molar-refractivity contribution in [2.75, 3.05) is 18.2 Å². The highest BCUT2D eigenvalue weighted by atomic mass is 32.2. The predicted octanol–water partition coefficient (Wildman–Crippen LogP) is 3.34. The second-order valence-corrected chi connectivity index (χ2v) is 6.90. The summed E-state index contributed by atoms with van der Waals surface area (Å²) in [4.78, 5) is 0.989. The van der Waals surface area contributed by atoms with Gasteiger partial charge >= 0.3 is 6.18 Å². The molecule has 0 atom stereocenters. The molecule has 0 aliphatic rings. The van der Waals surface area contributed by atoms with Gasteiger partial charge in [-0.3, -0.25) is 0 Å². The van der Waals surface area contributed by atoms with E-state index in [0.717, 1.165) is 12.3 Å². The minimum absolute atomic E-state index is 0.115. The molecule has 0 aliphatic heterocycles. The molecular weight excluding hydrogens is 319 g/mol. The van der Waals surface area contributed by atoms with Gasteiger partial charge in [0.2, 0.25) is 0 Å². The average molecular weight is 333 g/mol. The molecule has 2 rings (SSSR count). The maximum atomic E-state index is 13.2. The van der Waals surface area contributed by atoms with Crippen LogP contribution in [0.25, 0.3) is 0 Å². The molecule has 1 aromatic heterocycles. The van der Waals surface area contributed by atoms with Crippen molar-refractivity contribution >= 4 is 15.5 Å². The van der Waals surface area contributed by atoms with Crippen LogP contribution in [0.4, 0.5) is 18.9 Å². The number of furan rings is 1.